The molecule has 1 N–H and O–H groups in total. The fourth-order valence-corrected chi connectivity index (χ4v) is 3.79. The Bertz CT molecular complexity index is 439. The second-order valence-electron chi connectivity index (χ2n) is 6.82. The van der Waals surface area contributed by atoms with Crippen molar-refractivity contribution in [3.8, 4) is 0 Å². The summed E-state index contributed by atoms with van der Waals surface area (Å²) in [6.45, 7) is 13.3. The lowest BCUT2D eigenvalue weighted by atomic mass is 9.96. The molecule has 20 heavy (non-hydrogen) atoms. The molecule has 2 aliphatic rings. The fraction of sp³-hybridized carbons (Fsp3) is 0.857. The maximum Gasteiger partial charge on any atom is 0.205 e. The lowest BCUT2D eigenvalue weighted by Gasteiger charge is -2.37. The van der Waals surface area contributed by atoms with E-state index < -0.39 is 0 Å². The third-order valence-corrected chi connectivity index (χ3v) is 5.00. The molecule has 0 saturated carbocycles. The number of rotatable bonds is 2. The van der Waals surface area contributed by atoms with Crippen LogP contribution in [0.25, 0.3) is 0 Å². The van der Waals surface area contributed by atoms with E-state index in [0.29, 0.717) is 0 Å². The third-order valence-electron chi connectivity index (χ3n) is 4.22. The van der Waals surface area contributed by atoms with Gasteiger partial charge in [0.15, 0.2) is 0 Å². The van der Waals surface area contributed by atoms with Gasteiger partial charge >= 0.3 is 0 Å². The lowest BCUT2D eigenvalue weighted by molar-refractivity contribution is 0.196. The summed E-state index contributed by atoms with van der Waals surface area (Å²) >= 11 is 1.55. The van der Waals surface area contributed by atoms with E-state index in [-0.39, 0.29) is 5.41 Å². The number of piperazine rings is 1. The van der Waals surface area contributed by atoms with E-state index in [9.17, 15) is 0 Å². The molecule has 0 amide bonds. The Hall–Kier alpha value is -0.720. The zero-order valence-electron chi connectivity index (χ0n) is 12.7. The van der Waals surface area contributed by atoms with Crippen molar-refractivity contribution < 1.29 is 0 Å². The van der Waals surface area contributed by atoms with Crippen LogP contribution in [-0.2, 0) is 5.41 Å². The number of hydrogen-bond donors (Lipinski definition) is 1. The Morgan fingerprint density at radius 1 is 1.20 bits per heavy atom. The summed E-state index contributed by atoms with van der Waals surface area (Å²) in [5.74, 6) is 0.972. The van der Waals surface area contributed by atoms with Gasteiger partial charge in [-0.05, 0) is 13.0 Å². The van der Waals surface area contributed by atoms with Gasteiger partial charge in [0, 0.05) is 55.7 Å². The van der Waals surface area contributed by atoms with Crippen molar-refractivity contribution in [1.29, 1.82) is 0 Å². The number of aromatic nitrogens is 2. The summed E-state index contributed by atoms with van der Waals surface area (Å²) < 4.78 is 4.52. The Morgan fingerprint density at radius 3 is 2.50 bits per heavy atom. The van der Waals surface area contributed by atoms with Crippen LogP contribution in [0, 0.1) is 0 Å². The second kappa shape index (κ2) is 5.58. The van der Waals surface area contributed by atoms with Crippen molar-refractivity contribution in [3.05, 3.63) is 5.82 Å². The molecule has 0 radical (unpaired) electrons. The van der Waals surface area contributed by atoms with Crippen molar-refractivity contribution >= 4 is 16.7 Å². The van der Waals surface area contributed by atoms with Gasteiger partial charge in [0.1, 0.15) is 5.82 Å². The maximum absolute atomic E-state index is 4.73. The highest BCUT2D eigenvalue weighted by Crippen LogP contribution is 2.26. The van der Waals surface area contributed by atoms with Crippen molar-refractivity contribution in [3.63, 3.8) is 0 Å². The van der Waals surface area contributed by atoms with Crippen molar-refractivity contribution in [2.24, 2.45) is 0 Å². The molecule has 2 saturated heterocycles. The van der Waals surface area contributed by atoms with Gasteiger partial charge in [-0.3, -0.25) is 4.90 Å². The summed E-state index contributed by atoms with van der Waals surface area (Å²) in [6, 6.07) is 0.747. The minimum atomic E-state index is 0.0477. The normalized spacial score (nSPS) is 25.4. The molecule has 1 atom stereocenters. The fourth-order valence-electron chi connectivity index (χ4n) is 2.88. The molecule has 0 aromatic carbocycles. The van der Waals surface area contributed by atoms with Gasteiger partial charge in [-0.2, -0.15) is 4.37 Å². The van der Waals surface area contributed by atoms with Crippen LogP contribution in [0.2, 0.25) is 0 Å². The Morgan fingerprint density at radius 2 is 1.95 bits per heavy atom. The quantitative estimate of drug-likeness (QED) is 0.891. The number of hydrogen-bond acceptors (Lipinski definition) is 6. The molecule has 0 spiro atoms. The van der Waals surface area contributed by atoms with E-state index in [0.717, 1.165) is 49.7 Å². The van der Waals surface area contributed by atoms with Crippen LogP contribution in [0.4, 0.5) is 5.13 Å². The third kappa shape index (κ3) is 2.97. The highest BCUT2D eigenvalue weighted by Gasteiger charge is 2.28. The van der Waals surface area contributed by atoms with Gasteiger partial charge in [0.2, 0.25) is 5.13 Å². The van der Waals surface area contributed by atoms with E-state index in [1.807, 2.05) is 0 Å². The van der Waals surface area contributed by atoms with Crippen LogP contribution >= 0.6 is 11.5 Å². The molecule has 1 aromatic rings. The number of nitrogens with zero attached hydrogens (tertiary/aromatic N) is 4. The topological polar surface area (TPSA) is 44.3 Å². The van der Waals surface area contributed by atoms with Crippen LogP contribution in [0.3, 0.4) is 0 Å². The molecule has 5 nitrogen and oxygen atoms in total. The Labute approximate surface area is 125 Å². The standard InChI is InChI=1S/C14H25N5S/c1-14(2,3)12-16-13(20-17-12)19-8-6-18(7-9-19)11-4-5-15-10-11/h11,15H,4-10H2,1-3H3. The number of anilines is 1. The molecular formula is C14H25N5S. The van der Waals surface area contributed by atoms with E-state index >= 15 is 0 Å². The first kappa shape index (κ1) is 14.2. The molecule has 2 fully saturated rings. The van der Waals surface area contributed by atoms with Gasteiger partial charge in [-0.15, -0.1) is 0 Å². The van der Waals surface area contributed by atoms with Gasteiger partial charge in [0.25, 0.3) is 0 Å². The predicted octanol–water partition coefficient (Wildman–Crippen LogP) is 1.32. The second-order valence-corrected chi connectivity index (χ2v) is 7.55. The first-order valence-electron chi connectivity index (χ1n) is 7.58. The summed E-state index contributed by atoms with van der Waals surface area (Å²) in [6.07, 6.45) is 1.30. The van der Waals surface area contributed by atoms with E-state index in [1.165, 1.54) is 13.0 Å². The molecule has 1 aromatic heterocycles. The van der Waals surface area contributed by atoms with E-state index in [2.05, 4.69) is 40.3 Å². The van der Waals surface area contributed by atoms with Crippen molar-refractivity contribution in [1.82, 2.24) is 19.6 Å². The van der Waals surface area contributed by atoms with E-state index in [4.69, 9.17) is 4.98 Å². The van der Waals surface area contributed by atoms with Gasteiger partial charge < -0.3 is 10.2 Å². The van der Waals surface area contributed by atoms with Crippen LogP contribution in [-0.4, -0.2) is 59.6 Å². The highest BCUT2D eigenvalue weighted by atomic mass is 32.1. The Balaban J connectivity index is 1.59. The first-order valence-corrected chi connectivity index (χ1v) is 8.35. The van der Waals surface area contributed by atoms with Crippen LogP contribution in [0.15, 0.2) is 0 Å². The Kier molecular flexibility index (Phi) is 3.97. The first-order chi connectivity index (χ1) is 9.54. The van der Waals surface area contributed by atoms with E-state index in [1.54, 1.807) is 11.5 Å². The smallest absolute Gasteiger partial charge is 0.205 e. The van der Waals surface area contributed by atoms with Gasteiger partial charge in [-0.25, -0.2) is 4.98 Å². The minimum absolute atomic E-state index is 0.0477. The highest BCUT2D eigenvalue weighted by molar-refractivity contribution is 7.09. The predicted molar refractivity (Wildman–Crippen MR) is 83.7 cm³/mol. The molecule has 3 heterocycles. The molecule has 0 bridgehead atoms. The molecular weight excluding hydrogens is 270 g/mol. The summed E-state index contributed by atoms with van der Waals surface area (Å²) in [5.41, 5.74) is 0.0477. The molecule has 3 rings (SSSR count). The SMILES string of the molecule is CC(C)(C)c1nsc(N2CCN(C3CCNC3)CC2)n1. The lowest BCUT2D eigenvalue weighted by Crippen LogP contribution is -2.51. The summed E-state index contributed by atoms with van der Waals surface area (Å²) in [5, 5.41) is 4.55. The molecule has 6 heteroatoms. The zero-order valence-corrected chi connectivity index (χ0v) is 13.5. The summed E-state index contributed by atoms with van der Waals surface area (Å²) in [7, 11) is 0. The minimum Gasteiger partial charge on any atom is -0.344 e. The average Bonchev–Trinajstić information content (AvgIpc) is 3.10. The van der Waals surface area contributed by atoms with Crippen molar-refractivity contribution in [2.75, 3.05) is 44.2 Å². The molecule has 112 valence electrons. The van der Waals surface area contributed by atoms with Crippen LogP contribution in [0.5, 0.6) is 0 Å². The largest absolute Gasteiger partial charge is 0.344 e. The average molecular weight is 295 g/mol. The van der Waals surface area contributed by atoms with Gasteiger partial charge in [0.05, 0.1) is 0 Å². The number of nitrogens with one attached hydrogen (secondary N) is 1. The van der Waals surface area contributed by atoms with Crippen LogP contribution < -0.4 is 10.2 Å². The van der Waals surface area contributed by atoms with Gasteiger partial charge in [-0.1, -0.05) is 20.8 Å². The summed E-state index contributed by atoms with van der Waals surface area (Å²) in [4.78, 5) is 9.75. The van der Waals surface area contributed by atoms with Crippen LogP contribution in [0.1, 0.15) is 33.0 Å². The molecule has 2 aliphatic heterocycles. The molecule has 1 unspecified atom stereocenters. The monoisotopic (exact) mass is 295 g/mol. The van der Waals surface area contributed by atoms with Crippen molar-refractivity contribution in [2.45, 2.75) is 38.6 Å². The zero-order chi connectivity index (χ0) is 14.2. The molecule has 0 aliphatic carbocycles. The maximum atomic E-state index is 4.73.